The highest BCUT2D eigenvalue weighted by Gasteiger charge is 2.15. The van der Waals surface area contributed by atoms with Crippen molar-refractivity contribution >= 4 is 17.6 Å². The number of aryl methyl sites for hydroxylation is 1. The first-order valence-corrected chi connectivity index (χ1v) is 7.80. The van der Waals surface area contributed by atoms with Gasteiger partial charge in [-0.25, -0.2) is 9.18 Å². The number of halogens is 1. The van der Waals surface area contributed by atoms with Crippen LogP contribution in [0.3, 0.4) is 0 Å². The third kappa shape index (κ3) is 5.37. The number of amides is 1. The van der Waals surface area contributed by atoms with E-state index in [1.165, 1.54) is 37.3 Å². The van der Waals surface area contributed by atoms with E-state index in [4.69, 9.17) is 4.74 Å². The second kappa shape index (κ2) is 8.70. The molecule has 0 heterocycles. The lowest BCUT2D eigenvalue weighted by atomic mass is 10.1. The summed E-state index contributed by atoms with van der Waals surface area (Å²) in [6.45, 7) is 1.37. The van der Waals surface area contributed by atoms with E-state index < -0.39 is 23.4 Å². The summed E-state index contributed by atoms with van der Waals surface area (Å²) in [6.07, 6.45) is 0.515. The molecule has 0 aliphatic heterocycles. The van der Waals surface area contributed by atoms with Gasteiger partial charge in [0.05, 0.1) is 10.5 Å². The van der Waals surface area contributed by atoms with Gasteiger partial charge >= 0.3 is 5.97 Å². The molecule has 2 rings (SSSR count). The van der Waals surface area contributed by atoms with E-state index in [1.54, 1.807) is 12.1 Å². The van der Waals surface area contributed by atoms with Gasteiger partial charge in [0.15, 0.2) is 6.61 Å². The van der Waals surface area contributed by atoms with E-state index in [0.717, 1.165) is 5.56 Å². The number of carbonyl (C=O) groups excluding carboxylic acids is 2. The molecule has 1 N–H and O–H groups in total. The molecule has 1 amide bonds. The van der Waals surface area contributed by atoms with E-state index in [0.29, 0.717) is 18.5 Å². The van der Waals surface area contributed by atoms with Gasteiger partial charge in [-0.15, -0.1) is 0 Å². The third-order valence-electron chi connectivity index (χ3n) is 3.61. The van der Waals surface area contributed by atoms with Crippen molar-refractivity contribution in [1.29, 1.82) is 0 Å². The van der Waals surface area contributed by atoms with Gasteiger partial charge in [-0.1, -0.05) is 12.1 Å². The summed E-state index contributed by atoms with van der Waals surface area (Å²) in [7, 11) is 0. The minimum Gasteiger partial charge on any atom is -0.452 e. The van der Waals surface area contributed by atoms with Gasteiger partial charge in [-0.2, -0.15) is 0 Å². The highest BCUT2D eigenvalue weighted by atomic mass is 19.1. The molecule has 2 aromatic carbocycles. The van der Waals surface area contributed by atoms with Crippen LogP contribution in [0.1, 0.15) is 21.5 Å². The molecule has 7 nitrogen and oxygen atoms in total. The fourth-order valence-corrected chi connectivity index (χ4v) is 2.25. The van der Waals surface area contributed by atoms with Crippen LogP contribution in [0.2, 0.25) is 0 Å². The number of ether oxygens (including phenoxy) is 1. The number of nitrogens with one attached hydrogen (secondary N) is 1. The molecular formula is C18H17FN2O5. The molecule has 0 bridgehead atoms. The van der Waals surface area contributed by atoms with Crippen LogP contribution in [-0.2, 0) is 16.0 Å². The molecule has 0 saturated heterocycles. The minimum atomic E-state index is -0.739. The van der Waals surface area contributed by atoms with Crippen molar-refractivity contribution < 1.29 is 23.6 Å². The van der Waals surface area contributed by atoms with Crippen molar-refractivity contribution in [3.8, 4) is 0 Å². The van der Waals surface area contributed by atoms with E-state index in [1.807, 2.05) is 0 Å². The van der Waals surface area contributed by atoms with Gasteiger partial charge < -0.3 is 10.1 Å². The lowest BCUT2D eigenvalue weighted by Gasteiger charge is -2.07. The van der Waals surface area contributed by atoms with Gasteiger partial charge in [0.25, 0.3) is 11.6 Å². The number of nitro groups is 1. The number of hydrogen-bond acceptors (Lipinski definition) is 5. The second-order valence-electron chi connectivity index (χ2n) is 5.56. The average molecular weight is 360 g/mol. The molecule has 136 valence electrons. The van der Waals surface area contributed by atoms with E-state index in [-0.39, 0.29) is 17.1 Å². The van der Waals surface area contributed by atoms with E-state index in [2.05, 4.69) is 5.32 Å². The molecule has 8 heteroatoms. The van der Waals surface area contributed by atoms with Crippen LogP contribution in [0.5, 0.6) is 0 Å². The van der Waals surface area contributed by atoms with Crippen molar-refractivity contribution in [2.45, 2.75) is 13.3 Å². The molecule has 0 aliphatic carbocycles. The van der Waals surface area contributed by atoms with Gasteiger partial charge in [0, 0.05) is 18.2 Å². The van der Waals surface area contributed by atoms with Gasteiger partial charge in [0.2, 0.25) is 0 Å². The van der Waals surface area contributed by atoms with Gasteiger partial charge in [0.1, 0.15) is 5.82 Å². The Kier molecular flexibility index (Phi) is 6.37. The Morgan fingerprint density at radius 2 is 1.88 bits per heavy atom. The van der Waals surface area contributed by atoms with Crippen LogP contribution >= 0.6 is 0 Å². The SMILES string of the molecule is Cc1cc(C(=O)OCC(=O)NCCc2ccc(F)cc2)ccc1[N+](=O)[O-]. The van der Waals surface area contributed by atoms with Crippen molar-refractivity contribution in [2.24, 2.45) is 0 Å². The van der Waals surface area contributed by atoms with Crippen molar-refractivity contribution in [1.82, 2.24) is 5.32 Å². The first-order chi connectivity index (χ1) is 12.4. The van der Waals surface area contributed by atoms with Crippen LogP contribution < -0.4 is 5.32 Å². The van der Waals surface area contributed by atoms with Crippen molar-refractivity contribution in [2.75, 3.05) is 13.2 Å². The maximum Gasteiger partial charge on any atom is 0.338 e. The zero-order valence-electron chi connectivity index (χ0n) is 14.0. The van der Waals surface area contributed by atoms with E-state index >= 15 is 0 Å². The first-order valence-electron chi connectivity index (χ1n) is 7.80. The van der Waals surface area contributed by atoms with Crippen LogP contribution in [-0.4, -0.2) is 30.0 Å². The average Bonchev–Trinajstić information content (AvgIpc) is 2.61. The zero-order chi connectivity index (χ0) is 19.1. The second-order valence-corrected chi connectivity index (χ2v) is 5.56. The Morgan fingerprint density at radius 3 is 2.50 bits per heavy atom. The predicted molar refractivity (Wildman–Crippen MR) is 91.2 cm³/mol. The normalized spacial score (nSPS) is 10.2. The van der Waals surface area contributed by atoms with Crippen LogP contribution in [0.4, 0.5) is 10.1 Å². The van der Waals surface area contributed by atoms with Crippen LogP contribution in [0.25, 0.3) is 0 Å². The molecule has 0 saturated carbocycles. The number of esters is 1. The lowest BCUT2D eigenvalue weighted by Crippen LogP contribution is -2.30. The molecule has 0 aromatic heterocycles. The van der Waals surface area contributed by atoms with Gasteiger partial charge in [-0.05, 0) is 43.2 Å². The maximum atomic E-state index is 12.8. The van der Waals surface area contributed by atoms with Crippen LogP contribution in [0.15, 0.2) is 42.5 Å². The molecule has 0 unspecified atom stereocenters. The third-order valence-corrected chi connectivity index (χ3v) is 3.61. The summed E-state index contributed by atoms with van der Waals surface area (Å²) >= 11 is 0. The number of benzene rings is 2. The predicted octanol–water partition coefficient (Wildman–Crippen LogP) is 2.56. The summed E-state index contributed by atoms with van der Waals surface area (Å²) in [5.41, 5.74) is 1.23. The molecule has 26 heavy (non-hydrogen) atoms. The first kappa shape index (κ1) is 19.0. The number of hydrogen-bond donors (Lipinski definition) is 1. The largest absolute Gasteiger partial charge is 0.452 e. The lowest BCUT2D eigenvalue weighted by molar-refractivity contribution is -0.385. The maximum absolute atomic E-state index is 12.8. The highest BCUT2D eigenvalue weighted by Crippen LogP contribution is 2.19. The summed E-state index contributed by atoms with van der Waals surface area (Å²) in [6, 6.07) is 9.76. The molecular weight excluding hydrogens is 343 g/mol. The molecule has 0 atom stereocenters. The van der Waals surface area contributed by atoms with Crippen LogP contribution in [0, 0.1) is 22.9 Å². The zero-order valence-corrected chi connectivity index (χ0v) is 14.0. The number of nitrogens with zero attached hydrogens (tertiary/aromatic N) is 1. The molecule has 0 radical (unpaired) electrons. The van der Waals surface area contributed by atoms with E-state index in [9.17, 15) is 24.1 Å². The summed E-state index contributed by atoms with van der Waals surface area (Å²) in [4.78, 5) is 33.8. The fourth-order valence-electron chi connectivity index (χ4n) is 2.25. The Labute approximate surface area is 148 Å². The minimum absolute atomic E-state index is 0.0971. The molecule has 0 fully saturated rings. The summed E-state index contributed by atoms with van der Waals surface area (Å²) < 4.78 is 17.7. The number of nitro benzene ring substituents is 1. The number of rotatable bonds is 7. The molecule has 0 spiro atoms. The Balaban J connectivity index is 1.77. The summed E-state index contributed by atoms with van der Waals surface area (Å²) in [5, 5.41) is 13.3. The Hall–Kier alpha value is -3.29. The topological polar surface area (TPSA) is 98.5 Å². The fraction of sp³-hybridized carbons (Fsp3) is 0.222. The van der Waals surface area contributed by atoms with Crippen molar-refractivity contribution in [3.63, 3.8) is 0 Å². The number of carbonyl (C=O) groups is 2. The highest BCUT2D eigenvalue weighted by molar-refractivity contribution is 5.91. The smallest absolute Gasteiger partial charge is 0.338 e. The Morgan fingerprint density at radius 1 is 1.19 bits per heavy atom. The quantitative estimate of drug-likeness (QED) is 0.465. The van der Waals surface area contributed by atoms with Crippen molar-refractivity contribution in [3.05, 3.63) is 75.1 Å². The molecule has 0 aliphatic rings. The standard InChI is InChI=1S/C18H17FN2O5/c1-12-10-14(4-7-16(12)21(24)25)18(23)26-11-17(22)20-9-8-13-2-5-15(19)6-3-13/h2-7,10H,8-9,11H2,1H3,(H,20,22). The Bertz CT molecular complexity index is 821. The monoisotopic (exact) mass is 360 g/mol. The molecule has 2 aromatic rings. The summed E-state index contributed by atoms with van der Waals surface area (Å²) in [5.74, 6) is -1.54. The van der Waals surface area contributed by atoms with Gasteiger partial charge in [-0.3, -0.25) is 14.9 Å².